The van der Waals surface area contributed by atoms with Gasteiger partial charge in [-0.2, -0.15) is 0 Å². The summed E-state index contributed by atoms with van der Waals surface area (Å²) in [6.07, 6.45) is 3.12. The van der Waals surface area contributed by atoms with Crippen molar-refractivity contribution in [1.29, 1.82) is 0 Å². The third-order valence-corrected chi connectivity index (χ3v) is 2.98. The molecule has 16 heavy (non-hydrogen) atoms. The summed E-state index contributed by atoms with van der Waals surface area (Å²) in [6.45, 7) is 0. The molecule has 0 saturated carbocycles. The van der Waals surface area contributed by atoms with Gasteiger partial charge in [0.15, 0.2) is 0 Å². The van der Waals surface area contributed by atoms with Gasteiger partial charge in [-0.25, -0.2) is 8.78 Å². The Hall–Kier alpha value is -1.70. The Labute approximate surface area is 92.2 Å². The summed E-state index contributed by atoms with van der Waals surface area (Å²) in [4.78, 5) is 0. The van der Waals surface area contributed by atoms with E-state index in [4.69, 9.17) is 0 Å². The van der Waals surface area contributed by atoms with Crippen molar-refractivity contribution in [2.45, 2.75) is 12.3 Å². The quantitative estimate of drug-likeness (QED) is 0.614. The number of allylic oxidation sites excluding steroid dienone is 1. The fraction of sp³-hybridized carbons (Fsp3) is 0.143. The highest BCUT2D eigenvalue weighted by Gasteiger charge is 2.34. The highest BCUT2D eigenvalue weighted by molar-refractivity contribution is 5.86. The largest absolute Gasteiger partial charge is 0.277 e. The first kappa shape index (κ1) is 9.52. The van der Waals surface area contributed by atoms with Crippen LogP contribution >= 0.6 is 0 Å². The number of benzene rings is 2. The predicted molar refractivity (Wildman–Crippen MR) is 61.5 cm³/mol. The smallest absolute Gasteiger partial charge is 0.201 e. The number of hydrogen-bond acceptors (Lipinski definition) is 0. The van der Waals surface area contributed by atoms with Crippen molar-refractivity contribution in [3.63, 3.8) is 0 Å². The summed E-state index contributed by atoms with van der Waals surface area (Å²) in [7, 11) is 0. The van der Waals surface area contributed by atoms with E-state index in [0.29, 0.717) is 5.56 Å². The van der Waals surface area contributed by atoms with Gasteiger partial charge in [0.05, 0.1) is 0 Å². The van der Waals surface area contributed by atoms with Crippen molar-refractivity contribution in [2.24, 2.45) is 0 Å². The minimum absolute atomic E-state index is 0.147. The van der Waals surface area contributed by atoms with E-state index in [1.807, 2.05) is 30.3 Å². The molecular weight excluding hydrogens is 206 g/mol. The Morgan fingerprint density at radius 3 is 2.44 bits per heavy atom. The maximum Gasteiger partial charge on any atom is 0.277 e. The minimum atomic E-state index is -2.73. The fourth-order valence-corrected chi connectivity index (χ4v) is 2.16. The molecule has 2 aromatic carbocycles. The molecule has 0 aromatic heterocycles. The third-order valence-electron chi connectivity index (χ3n) is 2.98. The fourth-order valence-electron chi connectivity index (χ4n) is 2.16. The number of hydrogen-bond donors (Lipinski definition) is 0. The van der Waals surface area contributed by atoms with Crippen molar-refractivity contribution >= 4 is 16.8 Å². The van der Waals surface area contributed by atoms with Gasteiger partial charge in [-0.15, -0.1) is 0 Å². The molecule has 0 heterocycles. The molecule has 0 radical (unpaired) electrons. The first-order valence-electron chi connectivity index (χ1n) is 5.24. The Kier molecular flexibility index (Phi) is 1.87. The summed E-state index contributed by atoms with van der Waals surface area (Å²) in [5.74, 6) is -2.73. The second-order valence-corrected chi connectivity index (χ2v) is 4.10. The van der Waals surface area contributed by atoms with E-state index in [9.17, 15) is 8.78 Å². The average Bonchev–Trinajstić information content (AvgIpc) is 2.27. The van der Waals surface area contributed by atoms with Crippen LogP contribution in [0.4, 0.5) is 8.78 Å². The zero-order valence-electron chi connectivity index (χ0n) is 8.58. The molecule has 0 aliphatic heterocycles. The first-order chi connectivity index (χ1) is 7.67. The Bertz CT molecular complexity index is 582. The monoisotopic (exact) mass is 216 g/mol. The summed E-state index contributed by atoms with van der Waals surface area (Å²) >= 11 is 0. The SMILES string of the molecule is FC1(F)CC=Cc2cc3ccccc3cc21. The van der Waals surface area contributed by atoms with Crippen LogP contribution in [0.3, 0.4) is 0 Å². The molecule has 1 aliphatic carbocycles. The molecule has 0 spiro atoms. The van der Waals surface area contributed by atoms with Gasteiger partial charge < -0.3 is 0 Å². The van der Waals surface area contributed by atoms with Crippen molar-refractivity contribution in [3.05, 3.63) is 53.6 Å². The molecule has 0 unspecified atom stereocenters. The Balaban J connectivity index is 2.35. The molecule has 3 rings (SSSR count). The summed E-state index contributed by atoms with van der Waals surface area (Å²) in [5, 5.41) is 1.87. The van der Waals surface area contributed by atoms with E-state index >= 15 is 0 Å². The van der Waals surface area contributed by atoms with Gasteiger partial charge in [-0.05, 0) is 28.5 Å². The van der Waals surface area contributed by atoms with Gasteiger partial charge >= 0.3 is 0 Å². The Morgan fingerprint density at radius 1 is 1.00 bits per heavy atom. The molecule has 2 aromatic rings. The lowest BCUT2D eigenvalue weighted by atomic mass is 9.91. The standard InChI is InChI=1S/C14H10F2/c15-14(16)7-3-6-12-8-10-4-1-2-5-11(10)9-13(12)14/h1-6,8-9H,7H2. The van der Waals surface area contributed by atoms with Gasteiger partial charge in [-0.3, -0.25) is 0 Å². The molecule has 0 N–H and O–H groups in total. The molecule has 1 aliphatic rings. The molecule has 80 valence electrons. The lowest BCUT2D eigenvalue weighted by molar-refractivity contribution is -0.00208. The van der Waals surface area contributed by atoms with E-state index in [0.717, 1.165) is 10.8 Å². The van der Waals surface area contributed by atoms with Crippen LogP contribution in [0, 0.1) is 0 Å². The van der Waals surface area contributed by atoms with Crippen LogP contribution < -0.4 is 0 Å². The van der Waals surface area contributed by atoms with Crippen LogP contribution in [-0.2, 0) is 5.92 Å². The van der Waals surface area contributed by atoms with Crippen molar-refractivity contribution in [2.75, 3.05) is 0 Å². The first-order valence-corrected chi connectivity index (χ1v) is 5.24. The summed E-state index contributed by atoms with van der Waals surface area (Å²) in [6, 6.07) is 11.0. The maximum absolute atomic E-state index is 13.7. The number of rotatable bonds is 0. The highest BCUT2D eigenvalue weighted by Crippen LogP contribution is 2.40. The maximum atomic E-state index is 13.7. The average molecular weight is 216 g/mol. The highest BCUT2D eigenvalue weighted by atomic mass is 19.3. The molecule has 2 heteroatoms. The molecular formula is C14H10F2. The van der Waals surface area contributed by atoms with Gasteiger partial charge in [0.2, 0.25) is 0 Å². The molecule has 0 fully saturated rings. The summed E-state index contributed by atoms with van der Waals surface area (Å²) < 4.78 is 27.3. The van der Waals surface area contributed by atoms with Gasteiger partial charge in [-0.1, -0.05) is 36.4 Å². The van der Waals surface area contributed by atoms with Crippen LogP contribution in [0.15, 0.2) is 42.5 Å². The zero-order valence-corrected chi connectivity index (χ0v) is 8.58. The van der Waals surface area contributed by atoms with Gasteiger partial charge in [0.25, 0.3) is 5.92 Å². The van der Waals surface area contributed by atoms with Gasteiger partial charge in [0.1, 0.15) is 0 Å². The zero-order chi connectivity index (χ0) is 11.2. The van der Waals surface area contributed by atoms with E-state index in [2.05, 4.69) is 0 Å². The van der Waals surface area contributed by atoms with Crippen LogP contribution in [0.2, 0.25) is 0 Å². The molecule has 0 nitrogen and oxygen atoms in total. The molecule has 0 bridgehead atoms. The van der Waals surface area contributed by atoms with Crippen LogP contribution in [0.5, 0.6) is 0 Å². The normalized spacial score (nSPS) is 17.4. The lowest BCUT2D eigenvalue weighted by Crippen LogP contribution is -2.16. The number of alkyl halides is 2. The Morgan fingerprint density at radius 2 is 1.69 bits per heavy atom. The third kappa shape index (κ3) is 1.33. The minimum Gasteiger partial charge on any atom is -0.201 e. The van der Waals surface area contributed by atoms with E-state index < -0.39 is 5.92 Å². The number of fused-ring (bicyclic) bond motifs is 2. The lowest BCUT2D eigenvalue weighted by Gasteiger charge is -2.21. The topological polar surface area (TPSA) is 0 Å². The second-order valence-electron chi connectivity index (χ2n) is 4.10. The molecule has 0 atom stereocenters. The number of halogens is 2. The van der Waals surface area contributed by atoms with Crippen molar-refractivity contribution in [3.8, 4) is 0 Å². The van der Waals surface area contributed by atoms with Gasteiger partial charge in [0, 0.05) is 12.0 Å². The molecule has 0 saturated heterocycles. The van der Waals surface area contributed by atoms with Crippen molar-refractivity contribution < 1.29 is 8.78 Å². The van der Waals surface area contributed by atoms with E-state index in [-0.39, 0.29) is 12.0 Å². The van der Waals surface area contributed by atoms with E-state index in [1.165, 1.54) is 6.08 Å². The van der Waals surface area contributed by atoms with Crippen LogP contribution in [0.25, 0.3) is 16.8 Å². The van der Waals surface area contributed by atoms with E-state index in [1.54, 1.807) is 12.1 Å². The molecule has 0 amide bonds. The van der Waals surface area contributed by atoms with Crippen LogP contribution in [-0.4, -0.2) is 0 Å². The van der Waals surface area contributed by atoms with Crippen LogP contribution in [0.1, 0.15) is 17.5 Å². The summed E-state index contributed by atoms with van der Waals surface area (Å²) in [5.41, 5.74) is 0.781. The second kappa shape index (κ2) is 3.14. The van der Waals surface area contributed by atoms with Crippen molar-refractivity contribution in [1.82, 2.24) is 0 Å². The predicted octanol–water partition coefficient (Wildman–Crippen LogP) is 4.35.